The van der Waals surface area contributed by atoms with E-state index in [0.29, 0.717) is 34.4 Å². The molecular formula is C15H23BrN2O2S. The van der Waals surface area contributed by atoms with Gasteiger partial charge in [-0.25, -0.2) is 13.1 Å². The topological polar surface area (TPSA) is 58.2 Å². The highest BCUT2D eigenvalue weighted by atomic mass is 79.9. The van der Waals surface area contributed by atoms with Gasteiger partial charge in [0, 0.05) is 23.6 Å². The molecule has 0 unspecified atom stereocenters. The summed E-state index contributed by atoms with van der Waals surface area (Å²) in [4.78, 5) is 0.337. The Morgan fingerprint density at radius 1 is 1.33 bits per heavy atom. The van der Waals surface area contributed by atoms with Crippen LogP contribution in [0.25, 0.3) is 0 Å². The molecule has 0 amide bonds. The summed E-state index contributed by atoms with van der Waals surface area (Å²) in [6, 6.07) is 4.13. The second-order valence-corrected chi connectivity index (χ2v) is 8.58. The van der Waals surface area contributed by atoms with Crippen LogP contribution in [-0.4, -0.2) is 21.0 Å². The molecule has 0 bridgehead atoms. The second kappa shape index (κ2) is 6.77. The van der Waals surface area contributed by atoms with Crippen LogP contribution in [0, 0.1) is 12.8 Å². The van der Waals surface area contributed by atoms with Crippen molar-refractivity contribution in [3.63, 3.8) is 0 Å². The average molecular weight is 375 g/mol. The molecule has 0 aromatic heterocycles. The van der Waals surface area contributed by atoms with Gasteiger partial charge in [0.15, 0.2) is 0 Å². The van der Waals surface area contributed by atoms with Gasteiger partial charge in [0.05, 0.1) is 4.90 Å². The van der Waals surface area contributed by atoms with Crippen LogP contribution in [0.1, 0.15) is 37.8 Å². The van der Waals surface area contributed by atoms with Crippen molar-refractivity contribution in [2.75, 3.05) is 6.54 Å². The largest absolute Gasteiger partial charge is 0.310 e. The smallest absolute Gasteiger partial charge is 0.241 e. The number of sulfonamides is 1. The van der Waals surface area contributed by atoms with E-state index in [2.05, 4.69) is 39.8 Å². The highest BCUT2D eigenvalue weighted by Crippen LogP contribution is 2.30. The molecule has 1 aliphatic rings. The van der Waals surface area contributed by atoms with E-state index in [1.807, 2.05) is 13.0 Å². The molecule has 21 heavy (non-hydrogen) atoms. The van der Waals surface area contributed by atoms with E-state index in [1.54, 1.807) is 6.07 Å². The van der Waals surface area contributed by atoms with Gasteiger partial charge < -0.3 is 5.32 Å². The van der Waals surface area contributed by atoms with Crippen LogP contribution in [0.3, 0.4) is 0 Å². The molecule has 118 valence electrons. The number of aryl methyl sites for hydroxylation is 1. The first-order valence-electron chi connectivity index (χ1n) is 7.31. The molecule has 2 N–H and O–H groups in total. The van der Waals surface area contributed by atoms with Crippen LogP contribution >= 0.6 is 15.9 Å². The van der Waals surface area contributed by atoms with E-state index in [1.165, 1.54) is 0 Å². The van der Waals surface area contributed by atoms with Gasteiger partial charge in [0.1, 0.15) is 0 Å². The molecule has 1 aliphatic carbocycles. The number of halogens is 1. The molecule has 4 nitrogen and oxygen atoms in total. The third-order valence-electron chi connectivity index (χ3n) is 3.54. The number of hydrogen-bond acceptors (Lipinski definition) is 3. The molecule has 0 aliphatic heterocycles. The normalized spacial score (nSPS) is 15.7. The fraction of sp³-hybridized carbons (Fsp3) is 0.600. The van der Waals surface area contributed by atoms with Crippen molar-refractivity contribution in [1.29, 1.82) is 0 Å². The molecule has 6 heteroatoms. The third-order valence-corrected chi connectivity index (χ3v) is 6.31. The van der Waals surface area contributed by atoms with Gasteiger partial charge in [0.25, 0.3) is 0 Å². The summed E-state index contributed by atoms with van der Waals surface area (Å²) in [5, 5.41) is 3.32. The Balaban J connectivity index is 2.23. The molecule has 2 rings (SSSR count). The Morgan fingerprint density at radius 2 is 2.00 bits per heavy atom. The third kappa shape index (κ3) is 4.77. The van der Waals surface area contributed by atoms with E-state index < -0.39 is 10.0 Å². The minimum Gasteiger partial charge on any atom is -0.310 e. The monoisotopic (exact) mass is 374 g/mol. The van der Waals surface area contributed by atoms with Crippen LogP contribution in [0.2, 0.25) is 0 Å². The Bertz CT molecular complexity index is 610. The van der Waals surface area contributed by atoms with E-state index in [4.69, 9.17) is 0 Å². The fourth-order valence-corrected chi connectivity index (χ4v) is 4.24. The van der Waals surface area contributed by atoms with E-state index >= 15 is 0 Å². The molecule has 1 aromatic rings. The van der Waals surface area contributed by atoms with Gasteiger partial charge in [0.2, 0.25) is 10.0 Å². The quantitative estimate of drug-likeness (QED) is 0.771. The van der Waals surface area contributed by atoms with Gasteiger partial charge in [-0.2, -0.15) is 0 Å². The van der Waals surface area contributed by atoms with Gasteiger partial charge in [-0.1, -0.05) is 19.9 Å². The average Bonchev–Trinajstić information content (AvgIpc) is 3.21. The molecule has 0 radical (unpaired) electrons. The maximum Gasteiger partial charge on any atom is 0.241 e. The number of rotatable bonds is 7. The van der Waals surface area contributed by atoms with Crippen molar-refractivity contribution < 1.29 is 8.42 Å². The SMILES string of the molecule is Cc1cc(CNC(C)C)cc(S(=O)(=O)NCC2CC2)c1Br. The lowest BCUT2D eigenvalue weighted by molar-refractivity contribution is 0.575. The minimum atomic E-state index is -3.45. The highest BCUT2D eigenvalue weighted by molar-refractivity contribution is 9.10. The minimum absolute atomic E-state index is 0.337. The van der Waals surface area contributed by atoms with Crippen LogP contribution in [-0.2, 0) is 16.6 Å². The lowest BCUT2D eigenvalue weighted by atomic mass is 10.1. The van der Waals surface area contributed by atoms with Crippen LogP contribution in [0.5, 0.6) is 0 Å². The molecule has 1 aromatic carbocycles. The molecule has 1 saturated carbocycles. The zero-order valence-corrected chi connectivity index (χ0v) is 15.1. The van der Waals surface area contributed by atoms with E-state index in [-0.39, 0.29) is 0 Å². The predicted octanol–water partition coefficient (Wildman–Crippen LogP) is 2.94. The van der Waals surface area contributed by atoms with Crippen LogP contribution in [0.4, 0.5) is 0 Å². The van der Waals surface area contributed by atoms with Gasteiger partial charge >= 0.3 is 0 Å². The summed E-state index contributed by atoms with van der Waals surface area (Å²) < 4.78 is 28.3. The molecule has 1 fully saturated rings. The summed E-state index contributed by atoms with van der Waals surface area (Å²) in [5.74, 6) is 0.519. The summed E-state index contributed by atoms with van der Waals surface area (Å²) >= 11 is 3.41. The summed E-state index contributed by atoms with van der Waals surface area (Å²) in [6.45, 7) is 7.27. The molecule has 0 saturated heterocycles. The standard InChI is InChI=1S/C15H23BrN2O2S/c1-10(2)17-8-13-6-11(3)15(16)14(7-13)21(19,20)18-9-12-4-5-12/h6-7,10,12,17-18H,4-5,8-9H2,1-3H3. The van der Waals surface area contributed by atoms with Gasteiger partial charge in [-0.05, 0) is 58.8 Å². The lowest BCUT2D eigenvalue weighted by Gasteiger charge is -2.14. The Hall–Kier alpha value is -0.430. The summed E-state index contributed by atoms with van der Waals surface area (Å²) in [7, 11) is -3.45. The number of nitrogens with one attached hydrogen (secondary N) is 2. The molecule has 0 spiro atoms. The van der Waals surface area contributed by atoms with Crippen molar-refractivity contribution in [2.24, 2.45) is 5.92 Å². The van der Waals surface area contributed by atoms with Crippen molar-refractivity contribution >= 4 is 26.0 Å². The number of hydrogen-bond donors (Lipinski definition) is 2. The Morgan fingerprint density at radius 3 is 2.57 bits per heavy atom. The first kappa shape index (κ1) is 16.9. The van der Waals surface area contributed by atoms with E-state index in [0.717, 1.165) is 24.0 Å². The van der Waals surface area contributed by atoms with Gasteiger partial charge in [-0.3, -0.25) is 0 Å². The fourth-order valence-electron chi connectivity index (χ4n) is 2.06. The van der Waals surface area contributed by atoms with Crippen LogP contribution < -0.4 is 10.0 Å². The predicted molar refractivity (Wildman–Crippen MR) is 88.8 cm³/mol. The van der Waals surface area contributed by atoms with Crippen LogP contribution in [0.15, 0.2) is 21.5 Å². The first-order chi connectivity index (χ1) is 9.79. The van der Waals surface area contributed by atoms with Gasteiger partial charge in [-0.15, -0.1) is 0 Å². The number of benzene rings is 1. The van der Waals surface area contributed by atoms with Crippen molar-refractivity contribution in [1.82, 2.24) is 10.0 Å². The lowest BCUT2D eigenvalue weighted by Crippen LogP contribution is -2.27. The maximum atomic E-state index is 12.5. The Kier molecular flexibility index (Phi) is 5.46. The van der Waals surface area contributed by atoms with Crippen molar-refractivity contribution in [2.45, 2.75) is 51.1 Å². The highest BCUT2D eigenvalue weighted by Gasteiger charge is 2.26. The van der Waals surface area contributed by atoms with Crippen molar-refractivity contribution in [3.8, 4) is 0 Å². The Labute approximate surface area is 135 Å². The molecule has 0 heterocycles. The van der Waals surface area contributed by atoms with Crippen molar-refractivity contribution in [3.05, 3.63) is 27.7 Å². The molecular weight excluding hydrogens is 352 g/mol. The zero-order chi connectivity index (χ0) is 15.6. The summed E-state index contributed by atoms with van der Waals surface area (Å²) in [5.41, 5.74) is 1.92. The van der Waals surface area contributed by atoms with E-state index in [9.17, 15) is 8.42 Å². The first-order valence-corrected chi connectivity index (χ1v) is 9.59. The summed E-state index contributed by atoms with van der Waals surface area (Å²) in [6.07, 6.45) is 2.25. The zero-order valence-electron chi connectivity index (χ0n) is 12.7. The second-order valence-electron chi connectivity index (χ2n) is 6.06. The molecule has 0 atom stereocenters. The maximum absolute atomic E-state index is 12.5.